The van der Waals surface area contributed by atoms with Crippen LogP contribution in [0.3, 0.4) is 0 Å². The molecule has 1 saturated heterocycles. The van der Waals surface area contributed by atoms with Gasteiger partial charge in [0.05, 0.1) is 12.5 Å². The molecule has 30 heavy (non-hydrogen) atoms. The number of rotatable bonds is 7. The Morgan fingerprint density at radius 3 is 2.87 bits per heavy atom. The number of benzene rings is 2. The molecule has 0 radical (unpaired) electrons. The van der Waals surface area contributed by atoms with Crippen molar-refractivity contribution < 1.29 is 14.4 Å². The van der Waals surface area contributed by atoms with Crippen molar-refractivity contribution in [3.63, 3.8) is 0 Å². The van der Waals surface area contributed by atoms with E-state index in [9.17, 15) is 14.4 Å². The normalized spacial score (nSPS) is 16.4. The highest BCUT2D eigenvalue weighted by Gasteiger charge is 2.22. The molecule has 1 fully saturated rings. The molecular formula is C24H27N3O3. The number of carbonyl (C=O) groups excluding carboxylic acids is 3. The van der Waals surface area contributed by atoms with Crippen molar-refractivity contribution in [2.45, 2.75) is 51.5 Å². The average Bonchev–Trinajstić information content (AvgIpc) is 3.32. The van der Waals surface area contributed by atoms with E-state index in [0.717, 1.165) is 53.9 Å². The molecule has 0 saturated carbocycles. The summed E-state index contributed by atoms with van der Waals surface area (Å²) in [5, 5.41) is 5.90. The summed E-state index contributed by atoms with van der Waals surface area (Å²) < 4.78 is 0. The van der Waals surface area contributed by atoms with E-state index in [-0.39, 0.29) is 23.8 Å². The van der Waals surface area contributed by atoms with Crippen molar-refractivity contribution in [2.24, 2.45) is 0 Å². The van der Waals surface area contributed by atoms with Crippen molar-refractivity contribution in [1.29, 1.82) is 0 Å². The van der Waals surface area contributed by atoms with Gasteiger partial charge in [0.2, 0.25) is 17.7 Å². The average molecular weight is 405 g/mol. The molecule has 2 aromatic carbocycles. The first-order chi connectivity index (χ1) is 14.5. The van der Waals surface area contributed by atoms with E-state index in [1.54, 1.807) is 0 Å². The van der Waals surface area contributed by atoms with E-state index in [2.05, 4.69) is 16.7 Å². The van der Waals surface area contributed by atoms with Gasteiger partial charge in [0, 0.05) is 30.8 Å². The van der Waals surface area contributed by atoms with Crippen LogP contribution in [-0.4, -0.2) is 24.3 Å². The molecule has 2 N–H and O–H groups in total. The fourth-order valence-corrected chi connectivity index (χ4v) is 4.17. The number of amides is 3. The van der Waals surface area contributed by atoms with Gasteiger partial charge in [-0.25, -0.2) is 0 Å². The highest BCUT2D eigenvalue weighted by atomic mass is 16.2. The zero-order valence-electron chi connectivity index (χ0n) is 17.2. The van der Waals surface area contributed by atoms with Gasteiger partial charge in [0.15, 0.2) is 0 Å². The van der Waals surface area contributed by atoms with Crippen molar-refractivity contribution in [3.8, 4) is 0 Å². The zero-order chi connectivity index (χ0) is 21.1. The second-order valence-electron chi connectivity index (χ2n) is 8.10. The molecule has 4 rings (SSSR count). The van der Waals surface area contributed by atoms with Crippen LogP contribution in [0.2, 0.25) is 0 Å². The van der Waals surface area contributed by atoms with Crippen LogP contribution in [0.1, 0.15) is 55.3 Å². The first-order valence-electron chi connectivity index (χ1n) is 10.6. The van der Waals surface area contributed by atoms with Gasteiger partial charge in [-0.1, -0.05) is 24.3 Å². The number of anilines is 2. The Bertz CT molecular complexity index is 985. The summed E-state index contributed by atoms with van der Waals surface area (Å²) >= 11 is 0. The minimum Gasteiger partial charge on any atom is -0.350 e. The van der Waals surface area contributed by atoms with Crippen LogP contribution >= 0.6 is 0 Å². The fraction of sp³-hybridized carbons (Fsp3) is 0.375. The van der Waals surface area contributed by atoms with Crippen LogP contribution in [0.5, 0.6) is 0 Å². The standard InChI is InChI=1S/C24H27N3O3/c1-16(18-6-3-7-20(14-18)27-12-4-9-24(27)30)25-22(28)8-2-5-17-10-11-21-19(13-17)15-23(29)26-21/h3,6-7,10-11,13-14,16H,2,4-5,8-9,12,15H2,1H3,(H,25,28)(H,26,29). The highest BCUT2D eigenvalue weighted by Crippen LogP contribution is 2.26. The number of hydrogen-bond donors (Lipinski definition) is 2. The minimum absolute atomic E-state index is 0.0168. The van der Waals surface area contributed by atoms with E-state index in [0.29, 0.717) is 19.3 Å². The van der Waals surface area contributed by atoms with Crippen LogP contribution in [-0.2, 0) is 27.2 Å². The molecule has 6 nitrogen and oxygen atoms in total. The Morgan fingerprint density at radius 1 is 1.20 bits per heavy atom. The van der Waals surface area contributed by atoms with Crippen molar-refractivity contribution in [2.75, 3.05) is 16.8 Å². The number of hydrogen-bond acceptors (Lipinski definition) is 3. The van der Waals surface area contributed by atoms with Gasteiger partial charge in [-0.15, -0.1) is 0 Å². The number of aryl methyl sites for hydroxylation is 1. The molecule has 2 heterocycles. The third-order valence-corrected chi connectivity index (χ3v) is 5.80. The molecule has 3 amide bonds. The Morgan fingerprint density at radius 2 is 2.07 bits per heavy atom. The van der Waals surface area contributed by atoms with E-state index in [4.69, 9.17) is 0 Å². The minimum atomic E-state index is -0.118. The molecule has 0 spiro atoms. The van der Waals surface area contributed by atoms with E-state index >= 15 is 0 Å². The summed E-state index contributed by atoms with van der Waals surface area (Å²) in [6.45, 7) is 2.73. The van der Waals surface area contributed by atoms with Crippen molar-refractivity contribution in [3.05, 3.63) is 59.2 Å². The van der Waals surface area contributed by atoms with Crippen molar-refractivity contribution in [1.82, 2.24) is 5.32 Å². The number of fused-ring (bicyclic) bond motifs is 1. The highest BCUT2D eigenvalue weighted by molar-refractivity contribution is 5.99. The number of nitrogens with one attached hydrogen (secondary N) is 2. The fourth-order valence-electron chi connectivity index (χ4n) is 4.17. The predicted octanol–water partition coefficient (Wildman–Crippen LogP) is 3.51. The first kappa shape index (κ1) is 20.1. The number of carbonyl (C=O) groups is 3. The maximum atomic E-state index is 12.4. The second kappa shape index (κ2) is 8.69. The molecule has 2 aromatic rings. The second-order valence-corrected chi connectivity index (χ2v) is 8.10. The van der Waals surface area contributed by atoms with Gasteiger partial charge in [-0.05, 0) is 61.1 Å². The smallest absolute Gasteiger partial charge is 0.228 e. The van der Waals surface area contributed by atoms with Gasteiger partial charge in [0.1, 0.15) is 0 Å². The monoisotopic (exact) mass is 405 g/mol. The zero-order valence-corrected chi connectivity index (χ0v) is 17.2. The molecule has 1 unspecified atom stereocenters. The first-order valence-corrected chi connectivity index (χ1v) is 10.6. The molecule has 1 atom stereocenters. The molecular weight excluding hydrogens is 378 g/mol. The molecule has 0 bridgehead atoms. The van der Waals surface area contributed by atoms with Gasteiger partial charge in [0.25, 0.3) is 0 Å². The lowest BCUT2D eigenvalue weighted by Gasteiger charge is -2.19. The lowest BCUT2D eigenvalue weighted by atomic mass is 10.0. The van der Waals surface area contributed by atoms with Crippen LogP contribution in [0.4, 0.5) is 11.4 Å². The van der Waals surface area contributed by atoms with Gasteiger partial charge in [-0.3, -0.25) is 14.4 Å². The largest absolute Gasteiger partial charge is 0.350 e. The van der Waals surface area contributed by atoms with E-state index in [1.165, 1.54) is 0 Å². The van der Waals surface area contributed by atoms with Crippen LogP contribution < -0.4 is 15.5 Å². The Labute approximate surface area is 176 Å². The summed E-state index contributed by atoms with van der Waals surface area (Å²) in [6, 6.07) is 13.7. The molecule has 0 aliphatic carbocycles. The third kappa shape index (κ3) is 4.53. The Balaban J connectivity index is 1.28. The predicted molar refractivity (Wildman–Crippen MR) is 116 cm³/mol. The van der Waals surface area contributed by atoms with E-state index < -0.39 is 0 Å². The van der Waals surface area contributed by atoms with Crippen LogP contribution in [0.25, 0.3) is 0 Å². The summed E-state index contributed by atoms with van der Waals surface area (Å²) in [5.41, 5.74) is 4.98. The summed E-state index contributed by atoms with van der Waals surface area (Å²) in [6.07, 6.45) is 3.93. The summed E-state index contributed by atoms with van der Waals surface area (Å²) in [5.74, 6) is 0.215. The lowest BCUT2D eigenvalue weighted by molar-refractivity contribution is -0.122. The molecule has 0 aromatic heterocycles. The summed E-state index contributed by atoms with van der Waals surface area (Å²) in [7, 11) is 0. The molecule has 156 valence electrons. The van der Waals surface area contributed by atoms with Crippen molar-refractivity contribution >= 4 is 29.1 Å². The third-order valence-electron chi connectivity index (χ3n) is 5.80. The Hall–Kier alpha value is -3.15. The van der Waals surface area contributed by atoms with Gasteiger partial charge < -0.3 is 15.5 Å². The Kier molecular flexibility index (Phi) is 5.84. The van der Waals surface area contributed by atoms with Gasteiger partial charge >= 0.3 is 0 Å². The summed E-state index contributed by atoms with van der Waals surface area (Å²) in [4.78, 5) is 37.7. The van der Waals surface area contributed by atoms with Crippen LogP contribution in [0.15, 0.2) is 42.5 Å². The number of nitrogens with zero attached hydrogens (tertiary/aromatic N) is 1. The quantitative estimate of drug-likeness (QED) is 0.740. The maximum absolute atomic E-state index is 12.4. The molecule has 2 aliphatic heterocycles. The van der Waals surface area contributed by atoms with E-state index in [1.807, 2.05) is 48.2 Å². The SMILES string of the molecule is CC(NC(=O)CCCc1ccc2c(c1)CC(=O)N2)c1cccc(N2CCCC2=O)c1. The lowest BCUT2D eigenvalue weighted by Crippen LogP contribution is -2.27. The van der Waals surface area contributed by atoms with Crippen LogP contribution in [0, 0.1) is 0 Å². The maximum Gasteiger partial charge on any atom is 0.228 e. The topological polar surface area (TPSA) is 78.5 Å². The molecule has 2 aliphatic rings. The van der Waals surface area contributed by atoms with Gasteiger partial charge in [-0.2, -0.15) is 0 Å². The molecule has 6 heteroatoms.